The Bertz CT molecular complexity index is 839. The normalized spacial score (nSPS) is 10.7. The summed E-state index contributed by atoms with van der Waals surface area (Å²) in [6, 6.07) is 14.4. The van der Waals surface area contributed by atoms with Crippen molar-refractivity contribution in [3.8, 4) is 17.0 Å². The van der Waals surface area contributed by atoms with Gasteiger partial charge in [-0.2, -0.15) is 0 Å². The number of nitrogens with one attached hydrogen (secondary N) is 1. The van der Waals surface area contributed by atoms with Crippen LogP contribution in [0.25, 0.3) is 22.2 Å². The molecular formula is C16H12ClNO2. The standard InChI is InChI=1S/C16H12ClNO2/c1-20-16-8-10(6-7-12(16)17)14-9-15(19)11-4-2-3-5-13(11)18-14/h2-9H,1H3,(H,18,19). The number of aromatic amines is 1. The van der Waals surface area contributed by atoms with Crippen molar-refractivity contribution in [3.63, 3.8) is 0 Å². The summed E-state index contributed by atoms with van der Waals surface area (Å²) in [7, 11) is 1.56. The minimum absolute atomic E-state index is 0.0109. The van der Waals surface area contributed by atoms with Crippen molar-refractivity contribution in [2.75, 3.05) is 7.11 Å². The van der Waals surface area contributed by atoms with Crippen molar-refractivity contribution in [2.24, 2.45) is 0 Å². The predicted molar refractivity (Wildman–Crippen MR) is 81.6 cm³/mol. The molecule has 1 heterocycles. The molecule has 0 aliphatic rings. The molecular weight excluding hydrogens is 274 g/mol. The Balaban J connectivity index is 2.22. The number of pyridine rings is 1. The van der Waals surface area contributed by atoms with Crippen LogP contribution in [-0.2, 0) is 0 Å². The number of benzene rings is 2. The maximum atomic E-state index is 12.1. The molecule has 0 fully saturated rings. The SMILES string of the molecule is COc1cc(-c2cc(=O)c3ccccc3[nH]2)ccc1Cl. The van der Waals surface area contributed by atoms with Crippen LogP contribution >= 0.6 is 11.6 Å². The minimum Gasteiger partial charge on any atom is -0.495 e. The maximum Gasteiger partial charge on any atom is 0.190 e. The Labute approximate surface area is 120 Å². The highest BCUT2D eigenvalue weighted by molar-refractivity contribution is 6.32. The Kier molecular flexibility index (Phi) is 3.20. The third kappa shape index (κ3) is 2.17. The van der Waals surface area contributed by atoms with Crippen LogP contribution in [0.1, 0.15) is 0 Å². The summed E-state index contributed by atoms with van der Waals surface area (Å²) in [6.45, 7) is 0. The van der Waals surface area contributed by atoms with Gasteiger partial charge >= 0.3 is 0 Å². The lowest BCUT2D eigenvalue weighted by Crippen LogP contribution is -2.02. The smallest absolute Gasteiger partial charge is 0.190 e. The van der Waals surface area contributed by atoms with E-state index >= 15 is 0 Å². The molecule has 3 nitrogen and oxygen atoms in total. The molecule has 0 saturated carbocycles. The zero-order valence-electron chi connectivity index (χ0n) is 10.8. The monoisotopic (exact) mass is 285 g/mol. The molecule has 0 atom stereocenters. The number of hydrogen-bond donors (Lipinski definition) is 1. The Morgan fingerprint density at radius 1 is 1.10 bits per heavy atom. The van der Waals surface area contributed by atoms with E-state index in [1.807, 2.05) is 30.3 Å². The van der Waals surface area contributed by atoms with E-state index in [9.17, 15) is 4.79 Å². The molecule has 0 unspecified atom stereocenters. The molecule has 2 aromatic carbocycles. The van der Waals surface area contributed by atoms with Crippen molar-refractivity contribution >= 4 is 22.5 Å². The highest BCUT2D eigenvalue weighted by Gasteiger charge is 2.07. The van der Waals surface area contributed by atoms with Gasteiger partial charge in [0, 0.05) is 28.2 Å². The summed E-state index contributed by atoms with van der Waals surface area (Å²) in [5, 5.41) is 1.22. The van der Waals surface area contributed by atoms with Crippen LogP contribution in [0.3, 0.4) is 0 Å². The van der Waals surface area contributed by atoms with Gasteiger partial charge in [0.25, 0.3) is 0 Å². The number of halogens is 1. The third-order valence-electron chi connectivity index (χ3n) is 3.20. The quantitative estimate of drug-likeness (QED) is 0.777. The summed E-state index contributed by atoms with van der Waals surface area (Å²) >= 11 is 6.01. The van der Waals surface area contributed by atoms with E-state index in [1.165, 1.54) is 0 Å². The largest absolute Gasteiger partial charge is 0.495 e. The molecule has 3 rings (SSSR count). The summed E-state index contributed by atoms with van der Waals surface area (Å²) in [5.41, 5.74) is 2.39. The summed E-state index contributed by atoms with van der Waals surface area (Å²) in [4.78, 5) is 15.4. The van der Waals surface area contributed by atoms with Gasteiger partial charge in [0.2, 0.25) is 0 Å². The molecule has 1 aromatic heterocycles. The first-order chi connectivity index (χ1) is 9.69. The second kappa shape index (κ2) is 5.02. The number of H-pyrrole nitrogens is 1. The molecule has 1 N–H and O–H groups in total. The summed E-state index contributed by atoms with van der Waals surface area (Å²) in [6.07, 6.45) is 0. The van der Waals surface area contributed by atoms with Gasteiger partial charge in [-0.25, -0.2) is 0 Å². The minimum atomic E-state index is -0.0109. The highest BCUT2D eigenvalue weighted by Crippen LogP contribution is 2.29. The van der Waals surface area contributed by atoms with Crippen molar-refractivity contribution in [1.29, 1.82) is 0 Å². The number of rotatable bonds is 2. The fourth-order valence-corrected chi connectivity index (χ4v) is 2.37. The van der Waals surface area contributed by atoms with E-state index in [-0.39, 0.29) is 5.43 Å². The van der Waals surface area contributed by atoms with Crippen LogP contribution in [0, 0.1) is 0 Å². The second-order valence-electron chi connectivity index (χ2n) is 4.44. The van der Waals surface area contributed by atoms with Gasteiger partial charge in [0.15, 0.2) is 5.43 Å². The van der Waals surface area contributed by atoms with Gasteiger partial charge in [0.05, 0.1) is 12.1 Å². The van der Waals surface area contributed by atoms with E-state index in [4.69, 9.17) is 16.3 Å². The topological polar surface area (TPSA) is 42.1 Å². The number of hydrogen-bond acceptors (Lipinski definition) is 2. The maximum absolute atomic E-state index is 12.1. The average molecular weight is 286 g/mol. The van der Waals surface area contributed by atoms with Gasteiger partial charge in [-0.05, 0) is 24.3 Å². The molecule has 0 spiro atoms. The Morgan fingerprint density at radius 2 is 1.90 bits per heavy atom. The fourth-order valence-electron chi connectivity index (χ4n) is 2.18. The molecule has 0 bridgehead atoms. The third-order valence-corrected chi connectivity index (χ3v) is 3.51. The van der Waals surface area contributed by atoms with Gasteiger partial charge < -0.3 is 9.72 Å². The van der Waals surface area contributed by atoms with Gasteiger partial charge in [-0.1, -0.05) is 29.8 Å². The molecule has 3 aromatic rings. The lowest BCUT2D eigenvalue weighted by atomic mass is 10.1. The Hall–Kier alpha value is -2.26. The van der Waals surface area contributed by atoms with E-state index in [1.54, 1.807) is 25.3 Å². The lowest BCUT2D eigenvalue weighted by molar-refractivity contribution is 0.415. The molecule has 0 aliphatic heterocycles. The summed E-state index contributed by atoms with van der Waals surface area (Å²) < 4.78 is 5.20. The van der Waals surface area contributed by atoms with Gasteiger partial charge in [-0.3, -0.25) is 4.79 Å². The summed E-state index contributed by atoms with van der Waals surface area (Å²) in [5.74, 6) is 0.582. The van der Waals surface area contributed by atoms with E-state index in [2.05, 4.69) is 4.98 Å². The first-order valence-electron chi connectivity index (χ1n) is 6.15. The molecule has 0 amide bonds. The van der Waals surface area contributed by atoms with Crippen LogP contribution in [-0.4, -0.2) is 12.1 Å². The first kappa shape index (κ1) is 12.8. The zero-order valence-corrected chi connectivity index (χ0v) is 11.6. The number of fused-ring (bicyclic) bond motifs is 1. The lowest BCUT2D eigenvalue weighted by Gasteiger charge is -2.08. The number of methoxy groups -OCH3 is 1. The van der Waals surface area contributed by atoms with E-state index in [0.29, 0.717) is 16.2 Å². The van der Waals surface area contributed by atoms with Crippen LogP contribution in [0.2, 0.25) is 5.02 Å². The van der Waals surface area contributed by atoms with Crippen molar-refractivity contribution in [3.05, 3.63) is 63.8 Å². The molecule has 0 saturated heterocycles. The zero-order chi connectivity index (χ0) is 14.1. The molecule has 20 heavy (non-hydrogen) atoms. The first-order valence-corrected chi connectivity index (χ1v) is 6.53. The van der Waals surface area contributed by atoms with Gasteiger partial charge in [-0.15, -0.1) is 0 Å². The van der Waals surface area contributed by atoms with Crippen LogP contribution in [0.5, 0.6) is 5.75 Å². The fraction of sp³-hybridized carbons (Fsp3) is 0.0625. The number of aromatic nitrogens is 1. The highest BCUT2D eigenvalue weighted by atomic mass is 35.5. The van der Waals surface area contributed by atoms with E-state index in [0.717, 1.165) is 16.8 Å². The van der Waals surface area contributed by atoms with Crippen LogP contribution in [0.4, 0.5) is 0 Å². The van der Waals surface area contributed by atoms with Crippen molar-refractivity contribution < 1.29 is 4.74 Å². The van der Waals surface area contributed by atoms with Crippen molar-refractivity contribution in [2.45, 2.75) is 0 Å². The Morgan fingerprint density at radius 3 is 2.70 bits per heavy atom. The van der Waals surface area contributed by atoms with E-state index < -0.39 is 0 Å². The number of para-hydroxylation sites is 1. The molecule has 0 radical (unpaired) electrons. The molecule has 0 aliphatic carbocycles. The number of ether oxygens (including phenoxy) is 1. The van der Waals surface area contributed by atoms with Crippen LogP contribution < -0.4 is 10.2 Å². The second-order valence-corrected chi connectivity index (χ2v) is 4.85. The van der Waals surface area contributed by atoms with Crippen molar-refractivity contribution in [1.82, 2.24) is 4.98 Å². The molecule has 100 valence electrons. The van der Waals surface area contributed by atoms with Crippen LogP contribution in [0.15, 0.2) is 53.3 Å². The van der Waals surface area contributed by atoms with Gasteiger partial charge in [0.1, 0.15) is 5.75 Å². The average Bonchev–Trinajstić information content (AvgIpc) is 2.47. The molecule has 4 heteroatoms. The predicted octanol–water partition coefficient (Wildman–Crippen LogP) is 3.86.